The van der Waals surface area contributed by atoms with Crippen LogP contribution in [-0.4, -0.2) is 79.1 Å². The molecule has 2 N–H and O–H groups in total. The van der Waals surface area contributed by atoms with Crippen molar-refractivity contribution in [3.8, 4) is 0 Å². The van der Waals surface area contributed by atoms with Crippen molar-refractivity contribution in [2.75, 3.05) is 62.4 Å². The largest absolute Gasteiger partial charge is 0.416 e. The van der Waals surface area contributed by atoms with Crippen molar-refractivity contribution < 1.29 is 18.0 Å². The highest BCUT2D eigenvalue weighted by Crippen LogP contribution is 2.32. The van der Waals surface area contributed by atoms with Crippen molar-refractivity contribution in [1.82, 2.24) is 25.2 Å². The van der Waals surface area contributed by atoms with Gasteiger partial charge in [-0.05, 0) is 44.4 Å². The van der Waals surface area contributed by atoms with Crippen molar-refractivity contribution >= 4 is 23.8 Å². The molecule has 0 spiro atoms. The second-order valence-electron chi connectivity index (χ2n) is 9.79. The first-order chi connectivity index (χ1) is 17.7. The van der Waals surface area contributed by atoms with E-state index < -0.39 is 11.7 Å². The molecule has 4 rings (SSSR count). The van der Waals surface area contributed by atoms with Gasteiger partial charge in [-0.25, -0.2) is 0 Å². The summed E-state index contributed by atoms with van der Waals surface area (Å²) in [4.78, 5) is 33.1. The molecule has 202 valence electrons. The van der Waals surface area contributed by atoms with Crippen LogP contribution in [-0.2, 0) is 17.5 Å². The highest BCUT2D eigenvalue weighted by molar-refractivity contribution is 5.78. The van der Waals surface area contributed by atoms with E-state index in [0.29, 0.717) is 30.7 Å². The summed E-state index contributed by atoms with van der Waals surface area (Å²) >= 11 is 0. The van der Waals surface area contributed by atoms with E-state index in [-0.39, 0.29) is 30.0 Å². The Kier molecular flexibility index (Phi) is 8.35. The molecule has 12 heteroatoms. The van der Waals surface area contributed by atoms with Crippen LogP contribution in [0.25, 0.3) is 0 Å². The molecule has 1 amide bonds. The van der Waals surface area contributed by atoms with Gasteiger partial charge in [0.05, 0.1) is 5.56 Å². The van der Waals surface area contributed by atoms with E-state index in [2.05, 4.69) is 42.3 Å². The first-order valence-electron chi connectivity index (χ1n) is 12.7. The normalized spacial score (nSPS) is 21.0. The number of benzene rings is 1. The fourth-order valence-corrected chi connectivity index (χ4v) is 4.94. The third-order valence-electron chi connectivity index (χ3n) is 7.33. The predicted octanol–water partition coefficient (Wildman–Crippen LogP) is 3.00. The number of rotatable bonds is 7. The molecule has 2 aromatic rings. The number of alkyl halides is 3. The molecular formula is C25H35F3N8O. The van der Waals surface area contributed by atoms with Crippen molar-refractivity contribution in [1.29, 1.82) is 0 Å². The number of halogens is 3. The second-order valence-corrected chi connectivity index (χ2v) is 9.79. The minimum absolute atomic E-state index is 0.0723. The molecule has 1 aromatic carbocycles. The van der Waals surface area contributed by atoms with Crippen LogP contribution in [0.15, 0.2) is 24.3 Å². The molecular weight excluding hydrogens is 485 g/mol. The molecule has 0 bridgehead atoms. The highest BCUT2D eigenvalue weighted by Gasteiger charge is 2.34. The minimum Gasteiger partial charge on any atom is -0.357 e. The van der Waals surface area contributed by atoms with E-state index in [1.165, 1.54) is 12.1 Å². The van der Waals surface area contributed by atoms with E-state index in [1.807, 2.05) is 7.05 Å². The van der Waals surface area contributed by atoms with Crippen molar-refractivity contribution in [3.05, 3.63) is 35.4 Å². The average Bonchev–Trinajstić information content (AvgIpc) is 2.91. The lowest BCUT2D eigenvalue weighted by atomic mass is 9.85. The molecule has 1 aliphatic carbocycles. The number of hydrogen-bond donors (Lipinski definition) is 2. The summed E-state index contributed by atoms with van der Waals surface area (Å²) < 4.78 is 39.7. The number of aromatic nitrogens is 3. The molecule has 1 aliphatic heterocycles. The number of piperazine rings is 1. The van der Waals surface area contributed by atoms with Crippen LogP contribution >= 0.6 is 0 Å². The zero-order valence-corrected chi connectivity index (χ0v) is 21.6. The smallest absolute Gasteiger partial charge is 0.357 e. The molecule has 2 fully saturated rings. The maximum absolute atomic E-state index is 13.2. The Morgan fingerprint density at radius 3 is 2.38 bits per heavy atom. The topological polar surface area (TPSA) is 89.5 Å². The lowest BCUT2D eigenvalue weighted by Crippen LogP contribution is -2.45. The quantitative estimate of drug-likeness (QED) is 0.576. The van der Waals surface area contributed by atoms with Crippen molar-refractivity contribution in [2.24, 2.45) is 5.92 Å². The average molecular weight is 521 g/mol. The summed E-state index contributed by atoms with van der Waals surface area (Å²) in [6.07, 6.45) is -1.62. The molecule has 1 saturated carbocycles. The van der Waals surface area contributed by atoms with Crippen LogP contribution in [0.5, 0.6) is 0 Å². The zero-order valence-electron chi connectivity index (χ0n) is 21.6. The molecule has 0 radical (unpaired) electrons. The lowest BCUT2D eigenvalue weighted by Gasteiger charge is -2.35. The van der Waals surface area contributed by atoms with E-state index >= 15 is 0 Å². The molecule has 2 heterocycles. The van der Waals surface area contributed by atoms with Gasteiger partial charge >= 0.3 is 6.18 Å². The Labute approximate surface area is 215 Å². The third-order valence-corrected chi connectivity index (χ3v) is 7.33. The standard InChI is InChI=1S/C25H35F3N8O/c1-29-22-31-23(33-24(32-22)36-14-12-34(2)13-15-36)35(3)19-10-8-17(9-11-19)21(37)30-16-18-6-4-5-7-20(18)25(26,27)28/h4-7,17,19H,8-16H2,1-3H3,(H,30,37)(H,29,31,32,33). The Bertz CT molecular complexity index is 1070. The second kappa shape index (κ2) is 11.5. The number of nitrogens with one attached hydrogen (secondary N) is 2. The van der Waals surface area contributed by atoms with Gasteiger partial charge in [0, 0.05) is 58.8 Å². The monoisotopic (exact) mass is 520 g/mol. The maximum Gasteiger partial charge on any atom is 0.416 e. The molecule has 9 nitrogen and oxygen atoms in total. The van der Waals surface area contributed by atoms with Crippen molar-refractivity contribution in [2.45, 2.75) is 44.4 Å². The lowest BCUT2D eigenvalue weighted by molar-refractivity contribution is -0.138. The molecule has 37 heavy (non-hydrogen) atoms. The number of likely N-dealkylation sites (N-methyl/N-ethyl adjacent to an activating group) is 1. The van der Waals surface area contributed by atoms with E-state index in [4.69, 9.17) is 4.98 Å². The molecule has 0 unspecified atom stereocenters. The van der Waals surface area contributed by atoms with Crippen LogP contribution in [0, 0.1) is 5.92 Å². The van der Waals surface area contributed by atoms with Gasteiger partial charge in [0.2, 0.25) is 23.8 Å². The Hall–Kier alpha value is -3.15. The van der Waals surface area contributed by atoms with E-state index in [1.54, 1.807) is 13.1 Å². The van der Waals surface area contributed by atoms with Crippen LogP contribution in [0.4, 0.5) is 31.0 Å². The van der Waals surface area contributed by atoms with E-state index in [0.717, 1.165) is 45.1 Å². The predicted molar refractivity (Wildman–Crippen MR) is 137 cm³/mol. The molecule has 1 aromatic heterocycles. The fraction of sp³-hybridized carbons (Fsp3) is 0.600. The summed E-state index contributed by atoms with van der Waals surface area (Å²) in [5, 5.41) is 5.74. The molecule has 1 saturated heterocycles. The Morgan fingerprint density at radius 2 is 1.73 bits per heavy atom. The fourth-order valence-electron chi connectivity index (χ4n) is 4.94. The van der Waals surface area contributed by atoms with Gasteiger partial charge in [-0.3, -0.25) is 4.79 Å². The van der Waals surface area contributed by atoms with Crippen LogP contribution in [0.2, 0.25) is 0 Å². The number of carbonyl (C=O) groups is 1. The highest BCUT2D eigenvalue weighted by atomic mass is 19.4. The van der Waals surface area contributed by atoms with Gasteiger partial charge in [-0.2, -0.15) is 28.1 Å². The molecule has 0 atom stereocenters. The van der Waals surface area contributed by atoms with Crippen LogP contribution in [0.1, 0.15) is 36.8 Å². The number of amides is 1. The van der Waals surface area contributed by atoms with Gasteiger partial charge in [0.15, 0.2) is 0 Å². The van der Waals surface area contributed by atoms with Gasteiger partial charge in [-0.15, -0.1) is 0 Å². The SMILES string of the molecule is CNc1nc(N2CCN(C)CC2)nc(N(C)C2CCC(C(=O)NCc3ccccc3C(F)(F)F)CC2)n1. The summed E-state index contributed by atoms with van der Waals surface area (Å²) in [5.74, 6) is 1.33. The minimum atomic E-state index is -4.45. The number of nitrogens with zero attached hydrogens (tertiary/aromatic N) is 6. The molecule has 2 aliphatic rings. The number of hydrogen-bond acceptors (Lipinski definition) is 8. The van der Waals surface area contributed by atoms with E-state index in [9.17, 15) is 18.0 Å². The van der Waals surface area contributed by atoms with Gasteiger partial charge in [0.25, 0.3) is 0 Å². The first-order valence-corrected chi connectivity index (χ1v) is 12.7. The van der Waals surface area contributed by atoms with Gasteiger partial charge < -0.3 is 25.3 Å². The Morgan fingerprint density at radius 1 is 1.05 bits per heavy atom. The van der Waals surface area contributed by atoms with Gasteiger partial charge in [-0.1, -0.05) is 18.2 Å². The van der Waals surface area contributed by atoms with Gasteiger partial charge in [0.1, 0.15) is 0 Å². The summed E-state index contributed by atoms with van der Waals surface area (Å²) in [6.45, 7) is 3.45. The summed E-state index contributed by atoms with van der Waals surface area (Å²) in [7, 11) is 5.84. The van der Waals surface area contributed by atoms with Crippen LogP contribution in [0.3, 0.4) is 0 Å². The summed E-state index contributed by atoms with van der Waals surface area (Å²) in [5.41, 5.74) is -0.641. The maximum atomic E-state index is 13.2. The number of carbonyl (C=O) groups excluding carboxylic acids is 1. The zero-order chi connectivity index (χ0) is 26.6. The Balaban J connectivity index is 1.34. The number of anilines is 3. The van der Waals surface area contributed by atoms with Crippen molar-refractivity contribution in [3.63, 3.8) is 0 Å². The third kappa shape index (κ3) is 6.60. The van der Waals surface area contributed by atoms with Crippen LogP contribution < -0.4 is 20.4 Å². The first kappa shape index (κ1) is 26.9. The summed E-state index contributed by atoms with van der Waals surface area (Å²) in [6, 6.07) is 5.50.